The monoisotopic (exact) mass is 465 g/mol. The number of amides is 3. The Morgan fingerprint density at radius 3 is 2.61 bits per heavy atom. The van der Waals surface area contributed by atoms with E-state index in [1.807, 2.05) is 25.1 Å². The minimum Gasteiger partial charge on any atom is -0.467 e. The van der Waals surface area contributed by atoms with E-state index >= 15 is 0 Å². The third-order valence-corrected chi connectivity index (χ3v) is 6.58. The van der Waals surface area contributed by atoms with Crippen LogP contribution in [-0.4, -0.2) is 30.3 Å². The summed E-state index contributed by atoms with van der Waals surface area (Å²) in [5.74, 6) is -0.665. The first-order chi connectivity index (χ1) is 16.0. The lowest BCUT2D eigenvalue weighted by Gasteiger charge is -2.31. The lowest BCUT2D eigenvalue weighted by Crippen LogP contribution is -2.49. The Morgan fingerprint density at radius 2 is 1.94 bits per heavy atom. The van der Waals surface area contributed by atoms with Crippen molar-refractivity contribution in [2.75, 3.05) is 11.4 Å². The average Bonchev–Trinajstić information content (AvgIpc) is 3.58. The van der Waals surface area contributed by atoms with Crippen LogP contribution in [0.1, 0.15) is 52.7 Å². The lowest BCUT2D eigenvalue weighted by molar-refractivity contribution is -0.127. The van der Waals surface area contributed by atoms with Gasteiger partial charge in [0, 0.05) is 11.7 Å². The van der Waals surface area contributed by atoms with Crippen molar-refractivity contribution in [1.82, 2.24) is 10.6 Å². The Morgan fingerprint density at radius 1 is 1.12 bits per heavy atom. The van der Waals surface area contributed by atoms with E-state index < -0.39 is 11.9 Å². The second kappa shape index (κ2) is 10.5. The van der Waals surface area contributed by atoms with E-state index in [0.29, 0.717) is 16.3 Å². The number of benzene rings is 1. The molecule has 1 aromatic carbocycles. The largest absolute Gasteiger partial charge is 0.467 e. The number of rotatable bonds is 8. The molecule has 4 rings (SSSR count). The molecule has 3 aromatic rings. The van der Waals surface area contributed by atoms with Gasteiger partial charge < -0.3 is 15.1 Å². The molecule has 0 saturated heterocycles. The van der Waals surface area contributed by atoms with E-state index in [0.717, 1.165) is 31.2 Å². The molecule has 0 bridgehead atoms. The van der Waals surface area contributed by atoms with Crippen LogP contribution in [0.4, 0.5) is 5.69 Å². The van der Waals surface area contributed by atoms with Gasteiger partial charge in [-0.05, 0) is 61.0 Å². The fraction of sp³-hybridized carbons (Fsp3) is 0.320. The van der Waals surface area contributed by atoms with Gasteiger partial charge >= 0.3 is 0 Å². The van der Waals surface area contributed by atoms with Crippen LogP contribution in [-0.2, 0) is 9.59 Å². The average molecular weight is 466 g/mol. The van der Waals surface area contributed by atoms with Gasteiger partial charge in [0.15, 0.2) is 6.04 Å². The highest BCUT2D eigenvalue weighted by molar-refractivity contribution is 7.12. The zero-order valence-corrected chi connectivity index (χ0v) is 19.3. The van der Waals surface area contributed by atoms with Gasteiger partial charge in [0.1, 0.15) is 5.76 Å². The summed E-state index contributed by atoms with van der Waals surface area (Å²) in [7, 11) is 0. The third kappa shape index (κ3) is 5.51. The Hall–Kier alpha value is -3.39. The maximum absolute atomic E-state index is 13.5. The molecule has 1 saturated carbocycles. The van der Waals surface area contributed by atoms with E-state index in [-0.39, 0.29) is 24.4 Å². The molecule has 0 radical (unpaired) electrons. The second-order valence-electron chi connectivity index (χ2n) is 8.17. The molecule has 1 fully saturated rings. The van der Waals surface area contributed by atoms with Crippen molar-refractivity contribution in [3.05, 3.63) is 76.4 Å². The van der Waals surface area contributed by atoms with Crippen LogP contribution in [0.2, 0.25) is 0 Å². The molecule has 0 aliphatic heterocycles. The van der Waals surface area contributed by atoms with Gasteiger partial charge in [0.2, 0.25) is 5.91 Å². The first-order valence-corrected chi connectivity index (χ1v) is 11.9. The minimum atomic E-state index is -0.992. The van der Waals surface area contributed by atoms with Gasteiger partial charge in [-0.25, -0.2) is 0 Å². The van der Waals surface area contributed by atoms with Crippen molar-refractivity contribution in [1.29, 1.82) is 0 Å². The summed E-state index contributed by atoms with van der Waals surface area (Å²) < 4.78 is 5.61. The maximum atomic E-state index is 13.5. The van der Waals surface area contributed by atoms with Gasteiger partial charge in [-0.2, -0.15) is 0 Å². The number of hydrogen-bond acceptors (Lipinski definition) is 5. The molecule has 7 nitrogen and oxygen atoms in total. The van der Waals surface area contributed by atoms with Gasteiger partial charge in [-0.1, -0.05) is 31.0 Å². The zero-order valence-electron chi connectivity index (χ0n) is 18.5. The van der Waals surface area contributed by atoms with Gasteiger partial charge in [-0.3, -0.25) is 19.3 Å². The summed E-state index contributed by atoms with van der Waals surface area (Å²) in [5.41, 5.74) is 1.51. The number of furan rings is 1. The predicted molar refractivity (Wildman–Crippen MR) is 127 cm³/mol. The van der Waals surface area contributed by atoms with Crippen LogP contribution < -0.4 is 15.5 Å². The Balaban J connectivity index is 1.63. The number of nitrogens with one attached hydrogen (secondary N) is 2. The molecule has 2 heterocycles. The summed E-state index contributed by atoms with van der Waals surface area (Å²) in [6.07, 6.45) is 5.48. The molecule has 172 valence electrons. The van der Waals surface area contributed by atoms with Gasteiger partial charge in [0.25, 0.3) is 11.8 Å². The number of aryl methyl sites for hydroxylation is 1. The minimum absolute atomic E-state index is 0.0861. The number of carbonyl (C=O) groups is 3. The van der Waals surface area contributed by atoms with E-state index in [4.69, 9.17) is 4.42 Å². The molecule has 1 unspecified atom stereocenters. The van der Waals surface area contributed by atoms with Crippen molar-refractivity contribution >= 4 is 34.7 Å². The highest BCUT2D eigenvalue weighted by Crippen LogP contribution is 2.30. The first kappa shape index (κ1) is 22.8. The smallest absolute Gasteiger partial charge is 0.261 e. The molecule has 8 heteroatoms. The maximum Gasteiger partial charge on any atom is 0.261 e. The highest BCUT2D eigenvalue weighted by Gasteiger charge is 2.36. The van der Waals surface area contributed by atoms with Crippen LogP contribution in [0.5, 0.6) is 0 Å². The van der Waals surface area contributed by atoms with Crippen LogP contribution in [0.25, 0.3) is 0 Å². The number of carbonyl (C=O) groups excluding carboxylic acids is 3. The summed E-state index contributed by atoms with van der Waals surface area (Å²) in [5, 5.41) is 7.58. The molecule has 1 aliphatic carbocycles. The number of anilines is 1. The van der Waals surface area contributed by atoms with Crippen LogP contribution in [0, 0.1) is 6.92 Å². The first-order valence-electron chi connectivity index (χ1n) is 11.1. The summed E-state index contributed by atoms with van der Waals surface area (Å²) in [6.45, 7) is 1.67. The molecule has 2 N–H and O–H groups in total. The Bertz CT molecular complexity index is 1090. The van der Waals surface area contributed by atoms with Crippen molar-refractivity contribution in [2.24, 2.45) is 0 Å². The molecule has 1 atom stereocenters. The topological polar surface area (TPSA) is 91.7 Å². The van der Waals surface area contributed by atoms with E-state index in [1.54, 1.807) is 35.7 Å². The SMILES string of the molecule is Cc1cccc(N(C(=O)CNC(=O)c2cccs2)C(C(=O)NC2CCCC2)c2ccco2)c1. The molecule has 0 spiro atoms. The standard InChI is InChI=1S/C25H27N3O4S/c1-17-7-4-10-19(15-17)28(22(29)16-26-24(30)21-12-6-14-33-21)23(20-11-5-13-32-20)25(31)27-18-8-2-3-9-18/h4-7,10-15,18,23H,2-3,8-9,16H2,1H3,(H,26,30)(H,27,31). The lowest BCUT2D eigenvalue weighted by atomic mass is 10.1. The molecular formula is C25H27N3O4S. The van der Waals surface area contributed by atoms with Gasteiger partial charge in [0.05, 0.1) is 17.7 Å². The van der Waals surface area contributed by atoms with Crippen molar-refractivity contribution in [3.8, 4) is 0 Å². The number of nitrogens with zero attached hydrogens (tertiary/aromatic N) is 1. The highest BCUT2D eigenvalue weighted by atomic mass is 32.1. The molecule has 33 heavy (non-hydrogen) atoms. The molecule has 1 aliphatic rings. The van der Waals surface area contributed by atoms with Crippen LogP contribution in [0.3, 0.4) is 0 Å². The van der Waals surface area contributed by atoms with Gasteiger partial charge in [-0.15, -0.1) is 11.3 Å². The molecule has 2 aromatic heterocycles. The van der Waals surface area contributed by atoms with Crippen LogP contribution in [0.15, 0.2) is 64.6 Å². The number of hydrogen-bond donors (Lipinski definition) is 2. The fourth-order valence-corrected chi connectivity index (χ4v) is 4.76. The molecule has 3 amide bonds. The number of thiophene rings is 1. The van der Waals surface area contributed by atoms with E-state index in [9.17, 15) is 14.4 Å². The summed E-state index contributed by atoms with van der Waals surface area (Å²) in [6, 6.07) is 13.3. The molecular weight excluding hydrogens is 438 g/mol. The van der Waals surface area contributed by atoms with Crippen LogP contribution >= 0.6 is 11.3 Å². The second-order valence-corrected chi connectivity index (χ2v) is 9.12. The predicted octanol–water partition coefficient (Wildman–Crippen LogP) is 4.21. The normalized spacial score (nSPS) is 14.6. The van der Waals surface area contributed by atoms with Crippen molar-refractivity contribution < 1.29 is 18.8 Å². The third-order valence-electron chi connectivity index (χ3n) is 5.71. The summed E-state index contributed by atoms with van der Waals surface area (Å²) in [4.78, 5) is 41.3. The zero-order chi connectivity index (χ0) is 23.2. The van der Waals surface area contributed by atoms with Crippen molar-refractivity contribution in [2.45, 2.75) is 44.7 Å². The Labute approximate surface area is 196 Å². The quantitative estimate of drug-likeness (QED) is 0.521. The van der Waals surface area contributed by atoms with E-state index in [2.05, 4.69) is 10.6 Å². The fourth-order valence-electron chi connectivity index (χ4n) is 4.12. The van der Waals surface area contributed by atoms with Crippen molar-refractivity contribution in [3.63, 3.8) is 0 Å². The Kier molecular flexibility index (Phi) is 7.24. The summed E-state index contributed by atoms with van der Waals surface area (Å²) >= 11 is 1.30. The van der Waals surface area contributed by atoms with E-state index in [1.165, 1.54) is 22.5 Å².